The predicted octanol–water partition coefficient (Wildman–Crippen LogP) is 4.75. The maximum atomic E-state index is 13.5. The van der Waals surface area contributed by atoms with E-state index in [4.69, 9.17) is 15.1 Å². The smallest absolute Gasteiger partial charge is 0.305 e. The minimum absolute atomic E-state index is 0.124. The number of aliphatic carboxylic acids is 1. The van der Waals surface area contributed by atoms with Gasteiger partial charge in [-0.2, -0.15) is 0 Å². The summed E-state index contributed by atoms with van der Waals surface area (Å²) < 4.78 is 15.3. The summed E-state index contributed by atoms with van der Waals surface area (Å²) >= 11 is 1.49. The summed E-state index contributed by atoms with van der Waals surface area (Å²) in [5, 5.41) is 18.5. The van der Waals surface area contributed by atoms with Crippen LogP contribution in [0.15, 0.2) is 30.3 Å². The monoisotopic (exact) mass is 433 g/mol. The zero-order valence-electron chi connectivity index (χ0n) is 17.7. The third-order valence-electron chi connectivity index (χ3n) is 4.54. The van der Waals surface area contributed by atoms with Crippen LogP contribution in [-0.4, -0.2) is 45.6 Å². The molecule has 0 bridgehead atoms. The number of halogens is 1. The van der Waals surface area contributed by atoms with E-state index in [1.54, 1.807) is 12.1 Å². The van der Waals surface area contributed by atoms with E-state index in [1.807, 2.05) is 43.6 Å². The number of hydrogen-bond donors (Lipinski definition) is 2. The first-order chi connectivity index (χ1) is 14.2. The molecule has 0 aliphatic carbocycles. The molecule has 0 aliphatic rings. The molecular weight excluding hydrogens is 405 g/mol. The second kappa shape index (κ2) is 11.1. The Morgan fingerprint density at radius 1 is 1.27 bits per heavy atom. The zero-order chi connectivity index (χ0) is 22.3. The van der Waals surface area contributed by atoms with Crippen LogP contribution in [-0.2, 0) is 4.79 Å². The van der Waals surface area contributed by atoms with Crippen molar-refractivity contribution < 1.29 is 19.4 Å². The highest BCUT2D eigenvalue weighted by Crippen LogP contribution is 2.32. The summed E-state index contributed by atoms with van der Waals surface area (Å²) in [5.74, 6) is -0.644. The highest BCUT2D eigenvalue weighted by atomic mass is 32.2. The van der Waals surface area contributed by atoms with E-state index in [9.17, 15) is 14.3 Å². The number of nitrogens with zero attached hydrogens (tertiary/aromatic N) is 3. The highest BCUT2D eigenvalue weighted by Gasteiger charge is 2.18. The van der Waals surface area contributed by atoms with E-state index in [2.05, 4.69) is 0 Å². The van der Waals surface area contributed by atoms with Crippen LogP contribution in [0.3, 0.4) is 0 Å². The van der Waals surface area contributed by atoms with Crippen molar-refractivity contribution in [3.8, 4) is 11.3 Å². The fraction of sp³-hybridized carbons (Fsp3) is 0.409. The maximum absolute atomic E-state index is 13.5. The molecule has 1 aromatic carbocycles. The van der Waals surface area contributed by atoms with Crippen LogP contribution in [0, 0.1) is 5.82 Å². The fourth-order valence-electron chi connectivity index (χ4n) is 2.92. The first-order valence-electron chi connectivity index (χ1n) is 9.75. The summed E-state index contributed by atoms with van der Waals surface area (Å²) in [7, 11) is 1.89. The molecule has 1 unspecified atom stereocenters. The Morgan fingerprint density at radius 3 is 2.50 bits per heavy atom. The molecule has 162 valence electrons. The number of rotatable bonds is 10. The van der Waals surface area contributed by atoms with Crippen molar-refractivity contribution in [3.63, 3.8) is 0 Å². The molecule has 0 saturated heterocycles. The summed E-state index contributed by atoms with van der Waals surface area (Å²) in [4.78, 5) is 20.2. The topological polar surface area (TPSA) is 86.5 Å². The van der Waals surface area contributed by atoms with Crippen LogP contribution in [0.5, 0.6) is 0 Å². The minimum atomic E-state index is -1.02. The summed E-state index contributed by atoms with van der Waals surface area (Å²) in [5.41, 5.74) is 3.18. The molecule has 0 spiro atoms. The number of aromatic nitrogens is 2. The lowest BCUT2D eigenvalue weighted by molar-refractivity contribution is -0.139. The van der Waals surface area contributed by atoms with Gasteiger partial charge < -0.3 is 10.2 Å². The zero-order valence-corrected chi connectivity index (χ0v) is 18.5. The second-order valence-electron chi connectivity index (χ2n) is 7.24. The van der Waals surface area contributed by atoms with Crippen molar-refractivity contribution in [2.75, 3.05) is 17.6 Å². The molecule has 0 radical (unpaired) electrons. The summed E-state index contributed by atoms with van der Waals surface area (Å²) in [6.45, 7) is 4.10. The van der Waals surface area contributed by atoms with Gasteiger partial charge in [0.05, 0.1) is 23.9 Å². The van der Waals surface area contributed by atoms with Crippen molar-refractivity contribution in [1.29, 1.82) is 0 Å². The highest BCUT2D eigenvalue weighted by molar-refractivity contribution is 7.99. The lowest BCUT2D eigenvalue weighted by atomic mass is 9.97. The van der Waals surface area contributed by atoms with Crippen LogP contribution in [0.2, 0.25) is 0 Å². The van der Waals surface area contributed by atoms with Gasteiger partial charge in [0, 0.05) is 24.4 Å². The Kier molecular flexibility index (Phi) is 8.80. The number of carboxylic acids is 1. The molecule has 1 heterocycles. The molecule has 0 saturated carbocycles. The molecule has 30 heavy (non-hydrogen) atoms. The molecule has 1 aromatic heterocycles. The number of carboxylic acid groups (broad SMARTS) is 1. The molecule has 2 rings (SSSR count). The van der Waals surface area contributed by atoms with Gasteiger partial charge in [0.2, 0.25) is 5.95 Å². The summed E-state index contributed by atoms with van der Waals surface area (Å²) in [6, 6.07) is 6.19. The van der Waals surface area contributed by atoms with Gasteiger partial charge in [-0.3, -0.25) is 9.10 Å². The number of benzene rings is 1. The van der Waals surface area contributed by atoms with Crippen LogP contribution in [0.25, 0.3) is 17.3 Å². The lowest BCUT2D eigenvalue weighted by Gasteiger charge is -2.20. The van der Waals surface area contributed by atoms with E-state index in [0.717, 1.165) is 16.8 Å². The van der Waals surface area contributed by atoms with E-state index < -0.39 is 12.1 Å². The van der Waals surface area contributed by atoms with Gasteiger partial charge in [0.25, 0.3) is 0 Å². The Balaban J connectivity index is 2.46. The quantitative estimate of drug-likeness (QED) is 0.523. The van der Waals surface area contributed by atoms with E-state index in [0.29, 0.717) is 24.5 Å². The first kappa shape index (κ1) is 23.8. The second-order valence-corrected chi connectivity index (χ2v) is 8.16. The molecular formula is C22H28FN3O3S. The number of hydrogen-bond acceptors (Lipinski definition) is 6. The number of carbonyl (C=O) groups is 1. The van der Waals surface area contributed by atoms with E-state index in [-0.39, 0.29) is 18.2 Å². The third-order valence-corrected chi connectivity index (χ3v) is 5.26. The van der Waals surface area contributed by atoms with Gasteiger partial charge in [-0.25, -0.2) is 14.4 Å². The van der Waals surface area contributed by atoms with Crippen LogP contribution >= 0.6 is 11.9 Å². The Labute approximate surface area is 181 Å². The van der Waals surface area contributed by atoms with Gasteiger partial charge >= 0.3 is 5.97 Å². The Morgan fingerprint density at radius 2 is 1.93 bits per heavy atom. The van der Waals surface area contributed by atoms with E-state index >= 15 is 0 Å². The average molecular weight is 434 g/mol. The number of anilines is 1. The largest absolute Gasteiger partial charge is 0.481 e. The predicted molar refractivity (Wildman–Crippen MR) is 120 cm³/mol. The minimum Gasteiger partial charge on any atom is -0.481 e. The fourth-order valence-corrected chi connectivity index (χ4v) is 3.17. The third kappa shape index (κ3) is 6.53. The molecule has 2 aromatic rings. The van der Waals surface area contributed by atoms with Gasteiger partial charge in [-0.05, 0) is 43.0 Å². The Bertz CT molecular complexity index is 888. The lowest BCUT2D eigenvalue weighted by Crippen LogP contribution is -2.13. The molecule has 6 nitrogen and oxygen atoms in total. The molecule has 0 fully saturated rings. The number of aliphatic hydroxyl groups excluding tert-OH is 1. The van der Waals surface area contributed by atoms with Gasteiger partial charge in [0.15, 0.2) is 0 Å². The average Bonchev–Trinajstić information content (AvgIpc) is 2.70. The Hall–Kier alpha value is -2.45. The van der Waals surface area contributed by atoms with E-state index in [1.165, 1.54) is 24.1 Å². The number of allylic oxidation sites excluding steroid dienone is 1. The molecule has 8 heteroatoms. The van der Waals surface area contributed by atoms with Crippen molar-refractivity contribution in [2.45, 2.75) is 45.1 Å². The standard InChI is InChI=1S/C22H28FN3O3S/c1-14(2)20-18(8-6-5-7-17(27)13-19(28)29)21(15-9-11-16(23)12-10-15)25-22(24-20)26(3)30-4/h6,8-12,14,17,27H,5,7,13H2,1-4H3,(H,28,29)/b8-6+. The van der Waals surface area contributed by atoms with Gasteiger partial charge in [0.1, 0.15) is 5.82 Å². The molecule has 2 N–H and O–H groups in total. The molecule has 0 amide bonds. The van der Waals surface area contributed by atoms with Gasteiger partial charge in [-0.1, -0.05) is 37.9 Å². The van der Waals surface area contributed by atoms with Gasteiger partial charge in [-0.15, -0.1) is 0 Å². The molecule has 1 atom stereocenters. The van der Waals surface area contributed by atoms with Crippen LogP contribution < -0.4 is 4.31 Å². The maximum Gasteiger partial charge on any atom is 0.305 e. The molecule has 0 aliphatic heterocycles. The van der Waals surface area contributed by atoms with Crippen LogP contribution in [0.4, 0.5) is 10.3 Å². The normalized spacial score (nSPS) is 12.5. The summed E-state index contributed by atoms with van der Waals surface area (Å²) in [6.07, 6.45) is 5.44. The van der Waals surface area contributed by atoms with Crippen molar-refractivity contribution in [1.82, 2.24) is 9.97 Å². The van der Waals surface area contributed by atoms with Crippen LogP contribution in [0.1, 0.15) is 50.3 Å². The SMILES string of the molecule is CSN(C)c1nc(-c2ccc(F)cc2)c(/C=C/CCC(O)CC(=O)O)c(C(C)C)n1. The number of aliphatic hydroxyl groups is 1. The van der Waals surface area contributed by atoms with Crippen molar-refractivity contribution in [3.05, 3.63) is 47.4 Å². The first-order valence-corrected chi connectivity index (χ1v) is 10.9. The van der Waals surface area contributed by atoms with Crippen molar-refractivity contribution >= 4 is 29.9 Å². The van der Waals surface area contributed by atoms with Crippen molar-refractivity contribution in [2.24, 2.45) is 0 Å².